The molecule has 1 unspecified atom stereocenters. The predicted octanol–water partition coefficient (Wildman–Crippen LogP) is 3.33. The summed E-state index contributed by atoms with van der Waals surface area (Å²) < 4.78 is 28.8. The molecule has 0 aliphatic rings. The lowest BCUT2D eigenvalue weighted by Crippen LogP contribution is -2.68. The molecule has 0 aliphatic heterocycles. The Labute approximate surface area is 179 Å². The molecule has 0 amide bonds. The summed E-state index contributed by atoms with van der Waals surface area (Å²) >= 11 is 0. The van der Waals surface area contributed by atoms with Crippen molar-refractivity contribution in [3.63, 3.8) is 0 Å². The van der Waals surface area contributed by atoms with Crippen molar-refractivity contribution in [3.05, 3.63) is 60.7 Å². The van der Waals surface area contributed by atoms with Gasteiger partial charge in [-0.1, -0.05) is 81.4 Å². The molecule has 2 atom stereocenters. The minimum Gasteiger partial charge on any atom is -0.469 e. The van der Waals surface area contributed by atoms with Gasteiger partial charge in [-0.3, -0.25) is 9.36 Å². The average Bonchev–Trinajstić information content (AvgIpc) is 2.72. The van der Waals surface area contributed by atoms with E-state index < -0.39 is 28.0 Å². The van der Waals surface area contributed by atoms with Crippen LogP contribution in [-0.4, -0.2) is 45.7 Å². The maximum atomic E-state index is 12.4. The first-order chi connectivity index (χ1) is 14.1. The van der Waals surface area contributed by atoms with Gasteiger partial charge in [0.05, 0.1) is 25.8 Å². The molecule has 2 aromatic carbocycles. The zero-order valence-corrected chi connectivity index (χ0v) is 20.1. The Morgan fingerprint density at radius 2 is 1.47 bits per heavy atom. The van der Waals surface area contributed by atoms with Gasteiger partial charge in [0.2, 0.25) is 0 Å². The third-order valence-electron chi connectivity index (χ3n) is 5.10. The molecule has 6 nitrogen and oxygen atoms in total. The van der Waals surface area contributed by atoms with E-state index in [1.807, 2.05) is 60.7 Å². The zero-order chi connectivity index (χ0) is 22.4. The number of rotatable bonds is 9. The minimum absolute atomic E-state index is 0.144. The number of methoxy groups -OCH3 is 1. The van der Waals surface area contributed by atoms with Gasteiger partial charge in [0, 0.05) is 7.11 Å². The number of hydrogen-bond acceptors (Lipinski definition) is 5. The van der Waals surface area contributed by atoms with E-state index in [9.17, 15) is 14.3 Å². The van der Waals surface area contributed by atoms with E-state index in [1.165, 1.54) is 14.2 Å². The van der Waals surface area contributed by atoms with E-state index in [4.69, 9.17) is 13.7 Å². The average molecular weight is 451 g/mol. The standard InChI is InChI=1S/C22H31O6PSi/c1-22(2,3)30(19-12-8-6-9-13-19,20-14-10-7-11-15-20)28-18(16-21(23)26-4)17-29(24,25)27-5/h6-15,18H,16-17H2,1-5H3,(H,24,25)/t18-/m0/s1. The molecular formula is C22H31O6PSi. The molecule has 0 saturated carbocycles. The molecule has 0 radical (unpaired) electrons. The molecule has 0 bridgehead atoms. The zero-order valence-electron chi connectivity index (χ0n) is 18.2. The summed E-state index contributed by atoms with van der Waals surface area (Å²) in [6.45, 7) is 6.30. The second-order valence-corrected chi connectivity index (χ2v) is 14.4. The highest BCUT2D eigenvalue weighted by molar-refractivity contribution is 7.52. The van der Waals surface area contributed by atoms with Crippen LogP contribution < -0.4 is 10.4 Å². The topological polar surface area (TPSA) is 82.1 Å². The fourth-order valence-electron chi connectivity index (χ4n) is 3.69. The van der Waals surface area contributed by atoms with Crippen LogP contribution in [0.2, 0.25) is 5.04 Å². The third kappa shape index (κ3) is 5.68. The number of benzene rings is 2. The first-order valence-electron chi connectivity index (χ1n) is 9.79. The van der Waals surface area contributed by atoms with Crippen LogP contribution in [0.5, 0.6) is 0 Å². The molecular weight excluding hydrogens is 419 g/mol. The van der Waals surface area contributed by atoms with Gasteiger partial charge in [-0.15, -0.1) is 0 Å². The van der Waals surface area contributed by atoms with Crippen molar-refractivity contribution >= 4 is 32.3 Å². The van der Waals surface area contributed by atoms with Gasteiger partial charge in [-0.05, 0) is 15.4 Å². The second-order valence-electron chi connectivity index (χ2n) is 8.19. The molecule has 2 rings (SSSR count). The quantitative estimate of drug-likeness (QED) is 0.359. The molecule has 8 heteroatoms. The van der Waals surface area contributed by atoms with Crippen molar-refractivity contribution in [2.24, 2.45) is 0 Å². The largest absolute Gasteiger partial charge is 0.469 e. The van der Waals surface area contributed by atoms with Crippen molar-refractivity contribution in [3.8, 4) is 0 Å². The van der Waals surface area contributed by atoms with Crippen molar-refractivity contribution in [1.29, 1.82) is 0 Å². The van der Waals surface area contributed by atoms with E-state index in [-0.39, 0.29) is 17.6 Å². The first-order valence-corrected chi connectivity index (χ1v) is 13.5. The Balaban J connectivity index is 2.67. The Bertz CT molecular complexity index is 827. The van der Waals surface area contributed by atoms with Gasteiger partial charge < -0.3 is 18.6 Å². The monoisotopic (exact) mass is 450 g/mol. The molecule has 0 saturated heterocycles. The lowest BCUT2D eigenvalue weighted by atomic mass is 10.2. The summed E-state index contributed by atoms with van der Waals surface area (Å²) in [6, 6.07) is 19.8. The van der Waals surface area contributed by atoms with Crippen molar-refractivity contribution in [1.82, 2.24) is 0 Å². The molecule has 0 aromatic heterocycles. The normalized spacial score (nSPS) is 15.3. The molecule has 1 N–H and O–H groups in total. The predicted molar refractivity (Wildman–Crippen MR) is 121 cm³/mol. The number of carbonyl (C=O) groups excluding carboxylic acids is 1. The van der Waals surface area contributed by atoms with Crippen LogP contribution >= 0.6 is 7.60 Å². The molecule has 0 aliphatic carbocycles. The van der Waals surface area contributed by atoms with Gasteiger partial charge in [-0.25, -0.2) is 0 Å². The Hall–Kier alpha value is -1.76. The SMILES string of the molecule is COC(=O)C[C@@H](CP(=O)(O)OC)O[Si](c1ccccc1)(c1ccccc1)C(C)(C)C. The maximum absolute atomic E-state index is 12.4. The van der Waals surface area contributed by atoms with Gasteiger partial charge >= 0.3 is 13.6 Å². The summed E-state index contributed by atoms with van der Waals surface area (Å²) in [7, 11) is -4.46. The van der Waals surface area contributed by atoms with Gasteiger partial charge in [-0.2, -0.15) is 0 Å². The third-order valence-corrected chi connectivity index (χ3v) is 11.6. The van der Waals surface area contributed by atoms with E-state index in [2.05, 4.69) is 20.8 Å². The molecule has 0 heterocycles. The number of esters is 1. The molecule has 30 heavy (non-hydrogen) atoms. The Morgan fingerprint density at radius 1 is 1.00 bits per heavy atom. The lowest BCUT2D eigenvalue weighted by molar-refractivity contribution is -0.142. The van der Waals surface area contributed by atoms with Crippen LogP contribution in [0.1, 0.15) is 27.2 Å². The molecule has 2 aromatic rings. The van der Waals surface area contributed by atoms with Crippen LogP contribution in [0.3, 0.4) is 0 Å². The van der Waals surface area contributed by atoms with Crippen LogP contribution in [-0.2, 0) is 23.0 Å². The van der Waals surface area contributed by atoms with E-state index in [0.717, 1.165) is 10.4 Å². The van der Waals surface area contributed by atoms with Crippen molar-refractivity contribution in [2.75, 3.05) is 20.4 Å². The van der Waals surface area contributed by atoms with Crippen LogP contribution in [0.15, 0.2) is 60.7 Å². The molecule has 0 spiro atoms. The highest BCUT2D eigenvalue weighted by atomic mass is 31.2. The van der Waals surface area contributed by atoms with Gasteiger partial charge in [0.1, 0.15) is 0 Å². The summed E-state index contributed by atoms with van der Waals surface area (Å²) in [4.78, 5) is 22.2. The van der Waals surface area contributed by atoms with Crippen LogP contribution in [0.25, 0.3) is 0 Å². The van der Waals surface area contributed by atoms with E-state index in [0.29, 0.717) is 0 Å². The summed E-state index contributed by atoms with van der Waals surface area (Å²) in [5, 5.41) is 1.70. The van der Waals surface area contributed by atoms with E-state index >= 15 is 0 Å². The number of ether oxygens (including phenoxy) is 1. The highest BCUT2D eigenvalue weighted by Gasteiger charge is 2.52. The smallest absolute Gasteiger partial charge is 0.330 e. The Kier molecular flexibility index (Phi) is 8.19. The number of carbonyl (C=O) groups is 1. The fraction of sp³-hybridized carbons (Fsp3) is 0.409. The Morgan fingerprint density at radius 3 is 1.83 bits per heavy atom. The van der Waals surface area contributed by atoms with Crippen molar-refractivity contribution in [2.45, 2.75) is 38.3 Å². The summed E-state index contributed by atoms with van der Waals surface area (Å²) in [6.07, 6.45) is -1.29. The fourth-order valence-corrected chi connectivity index (χ4v) is 9.38. The highest BCUT2D eigenvalue weighted by Crippen LogP contribution is 2.44. The molecule has 164 valence electrons. The molecule has 0 fully saturated rings. The van der Waals surface area contributed by atoms with Crippen LogP contribution in [0, 0.1) is 0 Å². The minimum atomic E-state index is -3.93. The summed E-state index contributed by atoms with van der Waals surface area (Å²) in [5.41, 5.74) is 0. The van der Waals surface area contributed by atoms with Gasteiger partial charge in [0.25, 0.3) is 8.32 Å². The number of hydrogen-bond donors (Lipinski definition) is 1. The lowest BCUT2D eigenvalue weighted by Gasteiger charge is -2.45. The van der Waals surface area contributed by atoms with Crippen LogP contribution in [0.4, 0.5) is 0 Å². The first kappa shape index (κ1) is 24.5. The van der Waals surface area contributed by atoms with E-state index in [1.54, 1.807) is 0 Å². The van der Waals surface area contributed by atoms with Crippen molar-refractivity contribution < 1.29 is 27.9 Å². The van der Waals surface area contributed by atoms with Gasteiger partial charge in [0.15, 0.2) is 0 Å². The second kappa shape index (κ2) is 10.0. The maximum Gasteiger partial charge on any atom is 0.330 e. The summed E-state index contributed by atoms with van der Waals surface area (Å²) in [5.74, 6) is -0.506.